The highest BCUT2D eigenvalue weighted by molar-refractivity contribution is 5.54. The Labute approximate surface area is 146 Å². The molecule has 0 saturated carbocycles. The van der Waals surface area contributed by atoms with Crippen LogP contribution in [0.2, 0.25) is 0 Å². The molecule has 1 aliphatic rings. The Kier molecular flexibility index (Phi) is 5.92. The fraction of sp³-hybridized carbons (Fsp3) is 0.455. The van der Waals surface area contributed by atoms with Crippen molar-refractivity contribution in [3.63, 3.8) is 0 Å². The maximum absolute atomic E-state index is 3.56. The Balaban J connectivity index is 1.58. The number of para-hydroxylation sites is 1. The number of rotatable bonds is 6. The van der Waals surface area contributed by atoms with Crippen molar-refractivity contribution in [3.05, 3.63) is 65.7 Å². The van der Waals surface area contributed by atoms with E-state index in [0.717, 1.165) is 12.5 Å². The van der Waals surface area contributed by atoms with Gasteiger partial charge in [0.05, 0.1) is 0 Å². The van der Waals surface area contributed by atoms with Crippen molar-refractivity contribution in [3.8, 4) is 0 Å². The van der Waals surface area contributed by atoms with E-state index in [0.29, 0.717) is 6.04 Å². The lowest BCUT2D eigenvalue weighted by atomic mass is 9.90. The van der Waals surface area contributed by atoms with Gasteiger partial charge in [-0.3, -0.25) is 0 Å². The van der Waals surface area contributed by atoms with Crippen LogP contribution in [0.15, 0.2) is 54.6 Å². The topological polar surface area (TPSA) is 15.3 Å². The molecule has 1 heterocycles. The molecular formula is C22H30N2. The van der Waals surface area contributed by atoms with Gasteiger partial charge < -0.3 is 10.2 Å². The Bertz CT molecular complexity index is 613. The molecule has 0 unspecified atom stereocenters. The van der Waals surface area contributed by atoms with Crippen molar-refractivity contribution >= 4 is 5.69 Å². The minimum absolute atomic E-state index is 0.523. The molecule has 2 aromatic rings. The molecule has 0 radical (unpaired) electrons. The minimum atomic E-state index is 0.523. The number of benzene rings is 2. The molecule has 1 N–H and O–H groups in total. The second-order valence-corrected chi connectivity index (χ2v) is 7.28. The van der Waals surface area contributed by atoms with E-state index in [-0.39, 0.29) is 0 Å². The van der Waals surface area contributed by atoms with E-state index in [9.17, 15) is 0 Å². The molecule has 3 rings (SSSR count). The Morgan fingerprint density at radius 1 is 0.958 bits per heavy atom. The first-order valence-corrected chi connectivity index (χ1v) is 9.32. The summed E-state index contributed by atoms with van der Waals surface area (Å²) in [4.78, 5) is 2.58. The lowest BCUT2D eigenvalue weighted by Gasteiger charge is -2.35. The van der Waals surface area contributed by atoms with Gasteiger partial charge in [0.2, 0.25) is 0 Å². The maximum Gasteiger partial charge on any atom is 0.0411 e. The van der Waals surface area contributed by atoms with Gasteiger partial charge in [-0.05, 0) is 42.4 Å². The zero-order valence-electron chi connectivity index (χ0n) is 15.0. The van der Waals surface area contributed by atoms with Gasteiger partial charge >= 0.3 is 0 Å². The van der Waals surface area contributed by atoms with Crippen molar-refractivity contribution in [2.24, 2.45) is 5.92 Å². The Morgan fingerprint density at radius 2 is 1.62 bits per heavy atom. The van der Waals surface area contributed by atoms with Crippen molar-refractivity contribution in [2.45, 2.75) is 45.7 Å². The summed E-state index contributed by atoms with van der Waals surface area (Å²) in [5.74, 6) is 0.824. The van der Waals surface area contributed by atoms with Gasteiger partial charge in [-0.1, -0.05) is 62.4 Å². The van der Waals surface area contributed by atoms with Crippen LogP contribution in [-0.2, 0) is 13.0 Å². The highest BCUT2D eigenvalue weighted by atomic mass is 15.1. The van der Waals surface area contributed by atoms with Gasteiger partial charge in [-0.25, -0.2) is 0 Å². The fourth-order valence-corrected chi connectivity index (χ4v) is 3.61. The van der Waals surface area contributed by atoms with Crippen molar-refractivity contribution in [1.82, 2.24) is 5.32 Å². The number of hydrogen-bond donors (Lipinski definition) is 1. The molecule has 2 nitrogen and oxygen atoms in total. The number of anilines is 1. The van der Waals surface area contributed by atoms with E-state index < -0.39 is 0 Å². The predicted octanol–water partition coefficient (Wildman–Crippen LogP) is 4.64. The van der Waals surface area contributed by atoms with Gasteiger partial charge in [0.1, 0.15) is 0 Å². The normalized spacial score (nSPS) is 15.9. The van der Waals surface area contributed by atoms with E-state index in [1.54, 1.807) is 0 Å². The van der Waals surface area contributed by atoms with Gasteiger partial charge in [0, 0.05) is 31.4 Å². The fourth-order valence-electron chi connectivity index (χ4n) is 3.61. The molecule has 1 fully saturated rings. The molecule has 2 aromatic carbocycles. The standard InChI is InChI=1S/C22H30N2/c1-18(2)23-17-21-10-6-7-11-22(21)24-14-12-20(13-15-24)16-19-8-4-3-5-9-19/h3-11,18,20,23H,12-17H2,1-2H3. The van der Waals surface area contributed by atoms with E-state index >= 15 is 0 Å². The molecule has 0 atom stereocenters. The van der Waals surface area contributed by atoms with Crippen LogP contribution in [0.25, 0.3) is 0 Å². The zero-order valence-corrected chi connectivity index (χ0v) is 15.0. The molecule has 1 saturated heterocycles. The Morgan fingerprint density at radius 3 is 2.33 bits per heavy atom. The van der Waals surface area contributed by atoms with E-state index in [1.165, 1.54) is 49.2 Å². The lowest BCUT2D eigenvalue weighted by Crippen LogP contribution is -2.35. The molecule has 1 aliphatic heterocycles. The molecule has 24 heavy (non-hydrogen) atoms. The highest BCUT2D eigenvalue weighted by Gasteiger charge is 2.21. The maximum atomic E-state index is 3.56. The number of hydrogen-bond acceptors (Lipinski definition) is 2. The molecular weight excluding hydrogens is 292 g/mol. The lowest BCUT2D eigenvalue weighted by molar-refractivity contribution is 0.403. The molecule has 0 aliphatic carbocycles. The first-order chi connectivity index (χ1) is 11.7. The van der Waals surface area contributed by atoms with Crippen LogP contribution in [0.1, 0.15) is 37.8 Å². The summed E-state index contributed by atoms with van der Waals surface area (Å²) in [6.45, 7) is 7.72. The summed E-state index contributed by atoms with van der Waals surface area (Å²) >= 11 is 0. The summed E-state index contributed by atoms with van der Waals surface area (Å²) in [5, 5.41) is 3.56. The van der Waals surface area contributed by atoms with Crippen LogP contribution in [0.5, 0.6) is 0 Å². The second-order valence-electron chi connectivity index (χ2n) is 7.28. The summed E-state index contributed by atoms with van der Waals surface area (Å²) in [6.07, 6.45) is 3.81. The van der Waals surface area contributed by atoms with Crippen molar-refractivity contribution in [1.29, 1.82) is 0 Å². The summed E-state index contributed by atoms with van der Waals surface area (Å²) in [6, 6.07) is 20.3. The largest absolute Gasteiger partial charge is 0.371 e. The SMILES string of the molecule is CC(C)NCc1ccccc1N1CCC(Cc2ccccc2)CC1. The third-order valence-electron chi connectivity index (χ3n) is 5.01. The van der Waals surface area contributed by atoms with E-state index in [2.05, 4.69) is 78.7 Å². The van der Waals surface area contributed by atoms with Crippen LogP contribution >= 0.6 is 0 Å². The van der Waals surface area contributed by atoms with E-state index in [4.69, 9.17) is 0 Å². The smallest absolute Gasteiger partial charge is 0.0411 e. The summed E-state index contributed by atoms with van der Waals surface area (Å²) in [5.41, 5.74) is 4.33. The highest BCUT2D eigenvalue weighted by Crippen LogP contribution is 2.28. The molecule has 2 heteroatoms. The molecule has 0 amide bonds. The third kappa shape index (κ3) is 4.61. The Hall–Kier alpha value is -1.80. The quantitative estimate of drug-likeness (QED) is 0.833. The van der Waals surface area contributed by atoms with Gasteiger partial charge in [0.25, 0.3) is 0 Å². The van der Waals surface area contributed by atoms with Crippen LogP contribution in [0, 0.1) is 5.92 Å². The summed E-state index contributed by atoms with van der Waals surface area (Å²) in [7, 11) is 0. The molecule has 0 aromatic heterocycles. The monoisotopic (exact) mass is 322 g/mol. The van der Waals surface area contributed by atoms with E-state index in [1.807, 2.05) is 0 Å². The van der Waals surface area contributed by atoms with Crippen LogP contribution in [0.4, 0.5) is 5.69 Å². The zero-order chi connectivity index (χ0) is 16.8. The number of nitrogens with zero attached hydrogens (tertiary/aromatic N) is 1. The number of piperidine rings is 1. The molecule has 0 spiro atoms. The predicted molar refractivity (Wildman–Crippen MR) is 104 cm³/mol. The average molecular weight is 322 g/mol. The second kappa shape index (κ2) is 8.34. The first kappa shape index (κ1) is 17.0. The third-order valence-corrected chi connectivity index (χ3v) is 5.01. The van der Waals surface area contributed by atoms with Crippen molar-refractivity contribution < 1.29 is 0 Å². The molecule has 0 bridgehead atoms. The van der Waals surface area contributed by atoms with Gasteiger partial charge in [-0.15, -0.1) is 0 Å². The van der Waals surface area contributed by atoms with Crippen LogP contribution in [-0.4, -0.2) is 19.1 Å². The van der Waals surface area contributed by atoms with Gasteiger partial charge in [0.15, 0.2) is 0 Å². The van der Waals surface area contributed by atoms with Gasteiger partial charge in [-0.2, -0.15) is 0 Å². The summed E-state index contributed by atoms with van der Waals surface area (Å²) < 4.78 is 0. The molecule has 128 valence electrons. The first-order valence-electron chi connectivity index (χ1n) is 9.32. The van der Waals surface area contributed by atoms with Crippen LogP contribution < -0.4 is 10.2 Å². The van der Waals surface area contributed by atoms with Crippen molar-refractivity contribution in [2.75, 3.05) is 18.0 Å². The van der Waals surface area contributed by atoms with Crippen LogP contribution in [0.3, 0.4) is 0 Å². The number of nitrogens with one attached hydrogen (secondary N) is 1. The average Bonchev–Trinajstić information content (AvgIpc) is 2.62. The minimum Gasteiger partial charge on any atom is -0.371 e.